The van der Waals surface area contributed by atoms with Crippen molar-refractivity contribution in [2.75, 3.05) is 0 Å². The van der Waals surface area contributed by atoms with E-state index in [-0.39, 0.29) is 16.1 Å². The zero-order valence-corrected chi connectivity index (χ0v) is 12.9. The molecule has 0 spiro atoms. The van der Waals surface area contributed by atoms with Gasteiger partial charge < -0.3 is 4.98 Å². The molecule has 0 atom stereocenters. The quantitative estimate of drug-likeness (QED) is 0.554. The Morgan fingerprint density at radius 2 is 1.79 bits per heavy atom. The molecule has 1 aromatic carbocycles. The van der Waals surface area contributed by atoms with Crippen LogP contribution in [0.3, 0.4) is 0 Å². The largest absolute Gasteiger partial charge is 0.326 e. The minimum absolute atomic E-state index is 0.110. The van der Waals surface area contributed by atoms with Gasteiger partial charge in [-0.3, -0.25) is 9.78 Å². The van der Waals surface area contributed by atoms with Gasteiger partial charge in [0.15, 0.2) is 5.82 Å². The van der Waals surface area contributed by atoms with E-state index in [1.807, 2.05) is 0 Å². The number of nitrogens with one attached hydrogen (secondary N) is 2. The Morgan fingerprint density at radius 1 is 1.08 bits per heavy atom. The molecule has 0 fully saturated rings. The Balaban J connectivity index is 2.13. The maximum Gasteiger partial charge on any atom is 0.326 e. The van der Waals surface area contributed by atoms with Gasteiger partial charge in [0.2, 0.25) is 0 Å². The van der Waals surface area contributed by atoms with Crippen LogP contribution in [0.15, 0.2) is 27.8 Å². The van der Waals surface area contributed by atoms with Crippen LogP contribution in [0, 0.1) is 18.6 Å². The number of hydrogen-bond donors (Lipinski definition) is 2. The lowest BCUT2D eigenvalue weighted by molar-refractivity contribution is 0.587. The van der Waals surface area contributed by atoms with E-state index >= 15 is 0 Å². The molecule has 0 saturated carbocycles. The highest BCUT2D eigenvalue weighted by molar-refractivity contribution is 7.25. The molecule has 3 aromatic heterocycles. The molecule has 3 heterocycles. The lowest BCUT2D eigenvalue weighted by Gasteiger charge is -2.05. The second-order valence-electron chi connectivity index (χ2n) is 5.12. The van der Waals surface area contributed by atoms with Crippen LogP contribution in [0.25, 0.3) is 31.8 Å². The monoisotopic (exact) mass is 346 g/mol. The Morgan fingerprint density at radius 3 is 2.50 bits per heavy atom. The number of fused-ring (bicyclic) bond motifs is 3. The number of halogens is 2. The summed E-state index contributed by atoms with van der Waals surface area (Å²) in [5.74, 6) is -1.66. The van der Waals surface area contributed by atoms with Crippen molar-refractivity contribution in [3.8, 4) is 11.4 Å². The fraction of sp³-hybridized carbons (Fsp3) is 0.0667. The van der Waals surface area contributed by atoms with Gasteiger partial charge in [-0.25, -0.2) is 23.5 Å². The highest BCUT2D eigenvalue weighted by atomic mass is 32.1. The molecule has 0 amide bonds. The lowest BCUT2D eigenvalue weighted by atomic mass is 10.1. The molecule has 0 aliphatic rings. The van der Waals surface area contributed by atoms with E-state index in [2.05, 4.69) is 19.9 Å². The topological polar surface area (TPSA) is 91.5 Å². The van der Waals surface area contributed by atoms with Crippen molar-refractivity contribution in [3.63, 3.8) is 0 Å². The van der Waals surface area contributed by atoms with Crippen LogP contribution >= 0.6 is 11.3 Å². The Hall–Kier alpha value is -2.94. The molecule has 120 valence electrons. The van der Waals surface area contributed by atoms with Crippen molar-refractivity contribution in [1.82, 2.24) is 19.9 Å². The van der Waals surface area contributed by atoms with E-state index in [0.29, 0.717) is 21.4 Å². The zero-order valence-electron chi connectivity index (χ0n) is 12.1. The van der Waals surface area contributed by atoms with Crippen LogP contribution in [0.4, 0.5) is 8.78 Å². The normalized spacial score (nSPS) is 11.5. The summed E-state index contributed by atoms with van der Waals surface area (Å²) >= 11 is 1.02. The summed E-state index contributed by atoms with van der Waals surface area (Å²) < 4.78 is 28.2. The summed E-state index contributed by atoms with van der Waals surface area (Å²) in [5, 5.41) is 0.485. The van der Waals surface area contributed by atoms with Crippen LogP contribution in [0.1, 0.15) is 5.69 Å². The van der Waals surface area contributed by atoms with Gasteiger partial charge in [0.25, 0.3) is 5.56 Å². The summed E-state index contributed by atoms with van der Waals surface area (Å²) in [6.07, 6.45) is 0. The van der Waals surface area contributed by atoms with Crippen LogP contribution in [-0.4, -0.2) is 19.9 Å². The molecular formula is C15H8F2N4O2S. The minimum Gasteiger partial charge on any atom is -0.305 e. The summed E-state index contributed by atoms with van der Waals surface area (Å²) in [4.78, 5) is 36.8. The van der Waals surface area contributed by atoms with Gasteiger partial charge in [0.05, 0.1) is 22.2 Å². The van der Waals surface area contributed by atoms with Gasteiger partial charge in [-0.05, 0) is 19.1 Å². The van der Waals surface area contributed by atoms with E-state index < -0.39 is 22.9 Å². The van der Waals surface area contributed by atoms with Gasteiger partial charge in [0, 0.05) is 0 Å². The highest BCUT2D eigenvalue weighted by Crippen LogP contribution is 2.33. The summed E-state index contributed by atoms with van der Waals surface area (Å²) in [5.41, 5.74) is -0.792. The van der Waals surface area contributed by atoms with Crippen molar-refractivity contribution in [1.29, 1.82) is 0 Å². The van der Waals surface area contributed by atoms with E-state index in [1.165, 1.54) is 6.07 Å². The van der Waals surface area contributed by atoms with E-state index in [9.17, 15) is 18.4 Å². The predicted molar refractivity (Wildman–Crippen MR) is 86.3 cm³/mol. The number of rotatable bonds is 1. The predicted octanol–water partition coefficient (Wildman–Crippen LogP) is 2.47. The van der Waals surface area contributed by atoms with Crippen molar-refractivity contribution < 1.29 is 8.78 Å². The Labute approximate surface area is 135 Å². The fourth-order valence-electron chi connectivity index (χ4n) is 2.58. The van der Waals surface area contributed by atoms with Crippen LogP contribution in [-0.2, 0) is 0 Å². The molecule has 0 radical (unpaired) electrons. The SMILES string of the molecule is Cc1nc(-c2c(F)cccc2F)nc2sc3c(=O)[nH]c(=O)[nH]c3c12. The third kappa shape index (κ3) is 2.05. The first-order chi connectivity index (χ1) is 11.5. The molecule has 4 rings (SSSR count). The fourth-order valence-corrected chi connectivity index (χ4v) is 3.65. The third-order valence-corrected chi connectivity index (χ3v) is 4.67. The Kier molecular flexibility index (Phi) is 3.07. The van der Waals surface area contributed by atoms with Crippen molar-refractivity contribution in [3.05, 3.63) is 56.4 Å². The average Bonchev–Trinajstić information content (AvgIpc) is 2.86. The molecule has 0 saturated heterocycles. The number of thiophene rings is 1. The first-order valence-electron chi connectivity index (χ1n) is 6.83. The lowest BCUT2D eigenvalue weighted by Crippen LogP contribution is -2.20. The van der Waals surface area contributed by atoms with Crippen molar-refractivity contribution in [2.24, 2.45) is 0 Å². The van der Waals surface area contributed by atoms with Crippen LogP contribution < -0.4 is 11.2 Å². The summed E-state index contributed by atoms with van der Waals surface area (Å²) in [7, 11) is 0. The number of benzene rings is 1. The molecule has 24 heavy (non-hydrogen) atoms. The molecule has 0 unspecified atom stereocenters. The smallest absolute Gasteiger partial charge is 0.305 e. The third-order valence-electron chi connectivity index (χ3n) is 3.59. The van der Waals surface area contributed by atoms with E-state index in [1.54, 1.807) is 6.92 Å². The average molecular weight is 346 g/mol. The maximum atomic E-state index is 14.0. The first kappa shape index (κ1) is 14.6. The maximum absolute atomic E-state index is 14.0. The second kappa shape index (κ2) is 5.03. The van der Waals surface area contributed by atoms with Crippen molar-refractivity contribution >= 4 is 31.8 Å². The van der Waals surface area contributed by atoms with Gasteiger partial charge >= 0.3 is 5.69 Å². The molecule has 4 aromatic rings. The summed E-state index contributed by atoms with van der Waals surface area (Å²) in [6, 6.07) is 3.49. The molecule has 2 N–H and O–H groups in total. The van der Waals surface area contributed by atoms with Crippen LogP contribution in [0.5, 0.6) is 0 Å². The highest BCUT2D eigenvalue weighted by Gasteiger charge is 2.19. The van der Waals surface area contributed by atoms with Gasteiger partial charge in [-0.2, -0.15) is 0 Å². The minimum atomic E-state index is -0.777. The molecule has 9 heteroatoms. The van der Waals surface area contributed by atoms with Gasteiger partial charge in [-0.15, -0.1) is 11.3 Å². The molecule has 0 aliphatic carbocycles. The van der Waals surface area contributed by atoms with E-state index in [4.69, 9.17) is 0 Å². The van der Waals surface area contributed by atoms with Crippen LogP contribution in [0.2, 0.25) is 0 Å². The standard InChI is InChI=1S/C15H8F2N4O2S/c1-5-8-10-11(13(22)21-15(23)19-10)24-14(8)20-12(18-5)9-6(16)3-2-4-7(9)17/h2-4H,1H3,(H2,19,21,22,23). The Bertz CT molecular complexity index is 1220. The van der Waals surface area contributed by atoms with Gasteiger partial charge in [0.1, 0.15) is 21.2 Å². The molecule has 6 nitrogen and oxygen atoms in total. The molecule has 0 bridgehead atoms. The van der Waals surface area contributed by atoms with Crippen molar-refractivity contribution in [2.45, 2.75) is 6.92 Å². The number of H-pyrrole nitrogens is 2. The zero-order chi connectivity index (χ0) is 17.0. The number of aromatic amines is 2. The number of hydrogen-bond acceptors (Lipinski definition) is 5. The van der Waals surface area contributed by atoms with E-state index in [0.717, 1.165) is 23.5 Å². The molecular weight excluding hydrogens is 338 g/mol. The number of aromatic nitrogens is 4. The van der Waals surface area contributed by atoms with Gasteiger partial charge in [-0.1, -0.05) is 6.07 Å². The number of aryl methyl sites for hydroxylation is 1. The second-order valence-corrected chi connectivity index (χ2v) is 6.12. The summed E-state index contributed by atoms with van der Waals surface area (Å²) in [6.45, 7) is 1.62. The molecule has 0 aliphatic heterocycles. The number of nitrogens with zero attached hydrogens (tertiary/aromatic N) is 2. The first-order valence-corrected chi connectivity index (χ1v) is 7.65.